The van der Waals surface area contributed by atoms with Gasteiger partial charge in [-0.1, -0.05) is 31.2 Å². The van der Waals surface area contributed by atoms with Gasteiger partial charge in [-0.05, 0) is 48.2 Å². The van der Waals surface area contributed by atoms with Gasteiger partial charge >= 0.3 is 5.97 Å². The predicted molar refractivity (Wildman–Crippen MR) is 104 cm³/mol. The summed E-state index contributed by atoms with van der Waals surface area (Å²) in [5.41, 5.74) is 3.34. The maximum absolute atomic E-state index is 12.3. The monoisotopic (exact) mass is 368 g/mol. The summed E-state index contributed by atoms with van der Waals surface area (Å²) in [5, 5.41) is 13.9. The molecule has 0 saturated heterocycles. The van der Waals surface area contributed by atoms with Crippen LogP contribution < -0.4 is 10.6 Å². The van der Waals surface area contributed by atoms with Crippen molar-refractivity contribution in [2.24, 2.45) is 0 Å². The van der Waals surface area contributed by atoms with E-state index in [0.717, 1.165) is 11.1 Å². The quantitative estimate of drug-likeness (QED) is 0.666. The number of carbonyl (C=O) groups is 3. The standard InChI is InChI=1S/C21H24N2O4/c1-14-5-3-4-6-18(14)15(2)13-19(24)23-17-9-7-16(8-10-17)21(27)22-12-11-20(25)26/h3-10,15H,11-13H2,1-2H3,(H,22,27)(H,23,24)(H,25,26). The van der Waals surface area contributed by atoms with Crippen LogP contribution in [0.25, 0.3) is 0 Å². The summed E-state index contributed by atoms with van der Waals surface area (Å²) in [6.45, 7) is 4.12. The van der Waals surface area contributed by atoms with Crippen molar-refractivity contribution in [3.63, 3.8) is 0 Å². The number of carbonyl (C=O) groups excluding carboxylic acids is 2. The summed E-state index contributed by atoms with van der Waals surface area (Å²) in [6.07, 6.45) is 0.237. The zero-order valence-electron chi connectivity index (χ0n) is 15.5. The molecule has 0 heterocycles. The van der Waals surface area contributed by atoms with E-state index < -0.39 is 5.97 Å². The highest BCUT2D eigenvalue weighted by Gasteiger charge is 2.13. The SMILES string of the molecule is Cc1ccccc1C(C)CC(=O)Nc1ccc(C(=O)NCCC(=O)O)cc1. The highest BCUT2D eigenvalue weighted by molar-refractivity contribution is 5.96. The van der Waals surface area contributed by atoms with Gasteiger partial charge in [0.15, 0.2) is 0 Å². The van der Waals surface area contributed by atoms with E-state index in [2.05, 4.69) is 10.6 Å². The molecule has 0 aromatic heterocycles. The number of hydrogen-bond donors (Lipinski definition) is 3. The van der Waals surface area contributed by atoms with Crippen LogP contribution in [-0.2, 0) is 9.59 Å². The molecular formula is C21H24N2O4. The van der Waals surface area contributed by atoms with Gasteiger partial charge in [0, 0.05) is 24.2 Å². The molecule has 0 aliphatic heterocycles. The molecule has 6 nitrogen and oxygen atoms in total. The highest BCUT2D eigenvalue weighted by atomic mass is 16.4. The Morgan fingerprint density at radius 1 is 1.04 bits per heavy atom. The van der Waals surface area contributed by atoms with Crippen LogP contribution in [0.3, 0.4) is 0 Å². The van der Waals surface area contributed by atoms with E-state index in [-0.39, 0.29) is 30.7 Å². The smallest absolute Gasteiger partial charge is 0.305 e. The average Bonchev–Trinajstić information content (AvgIpc) is 2.62. The fourth-order valence-electron chi connectivity index (χ4n) is 2.83. The van der Waals surface area contributed by atoms with E-state index in [0.29, 0.717) is 17.7 Å². The van der Waals surface area contributed by atoms with Crippen molar-refractivity contribution in [1.82, 2.24) is 5.32 Å². The molecule has 27 heavy (non-hydrogen) atoms. The van der Waals surface area contributed by atoms with Gasteiger partial charge in [0.05, 0.1) is 6.42 Å². The van der Waals surface area contributed by atoms with Crippen LogP contribution in [0.5, 0.6) is 0 Å². The second-order valence-electron chi connectivity index (χ2n) is 6.49. The fourth-order valence-corrected chi connectivity index (χ4v) is 2.83. The van der Waals surface area contributed by atoms with Crippen molar-refractivity contribution >= 4 is 23.5 Å². The Morgan fingerprint density at radius 3 is 2.33 bits per heavy atom. The lowest BCUT2D eigenvalue weighted by atomic mass is 9.93. The van der Waals surface area contributed by atoms with Crippen molar-refractivity contribution in [2.45, 2.75) is 32.6 Å². The molecule has 0 radical (unpaired) electrons. The maximum atomic E-state index is 12.3. The molecule has 0 aliphatic carbocycles. The van der Waals surface area contributed by atoms with Gasteiger partial charge in [0.1, 0.15) is 0 Å². The number of hydrogen-bond acceptors (Lipinski definition) is 3. The van der Waals surface area contributed by atoms with E-state index in [4.69, 9.17) is 5.11 Å². The first-order valence-electron chi connectivity index (χ1n) is 8.82. The number of benzene rings is 2. The number of nitrogens with one attached hydrogen (secondary N) is 2. The predicted octanol–water partition coefficient (Wildman–Crippen LogP) is 3.33. The lowest BCUT2D eigenvalue weighted by Crippen LogP contribution is -2.25. The second kappa shape index (κ2) is 9.52. The molecule has 0 spiro atoms. The molecule has 0 aliphatic rings. The molecule has 3 N–H and O–H groups in total. The molecule has 2 aromatic rings. The molecule has 1 atom stereocenters. The largest absolute Gasteiger partial charge is 0.481 e. The highest BCUT2D eigenvalue weighted by Crippen LogP contribution is 2.23. The van der Waals surface area contributed by atoms with Crippen molar-refractivity contribution in [3.05, 3.63) is 65.2 Å². The van der Waals surface area contributed by atoms with Crippen molar-refractivity contribution < 1.29 is 19.5 Å². The Morgan fingerprint density at radius 2 is 1.70 bits per heavy atom. The molecule has 2 rings (SSSR count). The minimum absolute atomic E-state index is 0.0729. The van der Waals surface area contributed by atoms with Crippen LogP contribution in [0.1, 0.15) is 47.2 Å². The molecule has 0 saturated carbocycles. The van der Waals surface area contributed by atoms with Crippen LogP contribution in [0.2, 0.25) is 0 Å². The zero-order valence-corrected chi connectivity index (χ0v) is 15.5. The summed E-state index contributed by atoms with van der Waals surface area (Å²) >= 11 is 0. The molecular weight excluding hydrogens is 344 g/mol. The van der Waals surface area contributed by atoms with Crippen LogP contribution in [0, 0.1) is 6.92 Å². The van der Waals surface area contributed by atoms with E-state index in [9.17, 15) is 14.4 Å². The van der Waals surface area contributed by atoms with Crippen molar-refractivity contribution in [1.29, 1.82) is 0 Å². The minimum atomic E-state index is -0.965. The molecule has 6 heteroatoms. The van der Waals surface area contributed by atoms with Crippen LogP contribution in [0.4, 0.5) is 5.69 Å². The van der Waals surface area contributed by atoms with Crippen LogP contribution >= 0.6 is 0 Å². The minimum Gasteiger partial charge on any atom is -0.481 e. The summed E-state index contributed by atoms with van der Waals surface area (Å²) in [4.78, 5) is 34.6. The van der Waals surface area contributed by atoms with Gasteiger partial charge in [0.25, 0.3) is 5.91 Å². The molecule has 142 valence electrons. The number of anilines is 1. The van der Waals surface area contributed by atoms with Crippen molar-refractivity contribution in [3.8, 4) is 0 Å². The second-order valence-corrected chi connectivity index (χ2v) is 6.49. The number of carboxylic acid groups (broad SMARTS) is 1. The van der Waals surface area contributed by atoms with E-state index >= 15 is 0 Å². The lowest BCUT2D eigenvalue weighted by molar-refractivity contribution is -0.136. The van der Waals surface area contributed by atoms with Crippen molar-refractivity contribution in [2.75, 3.05) is 11.9 Å². The molecule has 0 bridgehead atoms. The first kappa shape index (κ1) is 20.2. The number of aliphatic carboxylic acids is 1. The summed E-state index contributed by atoms with van der Waals surface area (Å²) in [7, 11) is 0. The summed E-state index contributed by atoms with van der Waals surface area (Å²) in [6, 6.07) is 14.5. The summed E-state index contributed by atoms with van der Waals surface area (Å²) < 4.78 is 0. The van der Waals surface area contributed by atoms with Gasteiger partial charge in [-0.15, -0.1) is 0 Å². The third-order valence-electron chi connectivity index (χ3n) is 4.27. The number of aryl methyl sites for hydroxylation is 1. The normalized spacial score (nSPS) is 11.5. The Labute approximate surface area is 158 Å². The molecule has 2 aromatic carbocycles. The first-order valence-corrected chi connectivity index (χ1v) is 8.82. The van der Waals surface area contributed by atoms with Gasteiger partial charge in [-0.3, -0.25) is 14.4 Å². The topological polar surface area (TPSA) is 95.5 Å². The third-order valence-corrected chi connectivity index (χ3v) is 4.27. The molecule has 1 unspecified atom stereocenters. The third kappa shape index (κ3) is 6.26. The zero-order chi connectivity index (χ0) is 19.8. The summed E-state index contributed by atoms with van der Waals surface area (Å²) in [5.74, 6) is -1.30. The maximum Gasteiger partial charge on any atom is 0.305 e. The van der Waals surface area contributed by atoms with Crippen LogP contribution in [0.15, 0.2) is 48.5 Å². The first-order chi connectivity index (χ1) is 12.9. The number of amides is 2. The average molecular weight is 368 g/mol. The molecule has 2 amide bonds. The van der Waals surface area contributed by atoms with Gasteiger partial charge in [0.2, 0.25) is 5.91 Å². The van der Waals surface area contributed by atoms with E-state index in [1.807, 2.05) is 38.1 Å². The Hall–Kier alpha value is -3.15. The Balaban J connectivity index is 1.88. The lowest BCUT2D eigenvalue weighted by Gasteiger charge is -2.14. The van der Waals surface area contributed by atoms with Gasteiger partial charge in [-0.25, -0.2) is 0 Å². The molecule has 0 fully saturated rings. The van der Waals surface area contributed by atoms with Gasteiger partial charge < -0.3 is 15.7 Å². The Kier molecular flexibility index (Phi) is 7.11. The number of rotatable bonds is 8. The Bertz CT molecular complexity index is 815. The van der Waals surface area contributed by atoms with Crippen LogP contribution in [-0.4, -0.2) is 29.4 Å². The van der Waals surface area contributed by atoms with E-state index in [1.54, 1.807) is 24.3 Å². The van der Waals surface area contributed by atoms with Gasteiger partial charge in [-0.2, -0.15) is 0 Å². The number of carboxylic acids is 1. The fraction of sp³-hybridized carbons (Fsp3) is 0.286. The van der Waals surface area contributed by atoms with E-state index in [1.165, 1.54) is 0 Å².